The Morgan fingerprint density at radius 2 is 0.550 bits per heavy atom. The minimum atomic E-state index is 0. The Labute approximate surface area is 383 Å². The van der Waals surface area contributed by atoms with E-state index in [-0.39, 0.29) is 57.1 Å². The summed E-state index contributed by atoms with van der Waals surface area (Å²) < 4.78 is 0. The molecule has 0 aromatic heterocycles. The molecule has 0 saturated heterocycles. The zero-order chi connectivity index (χ0) is 44.3. The van der Waals surface area contributed by atoms with Crippen LogP contribution in [0.3, 0.4) is 0 Å². The van der Waals surface area contributed by atoms with Crippen molar-refractivity contribution in [2.24, 2.45) is 0 Å². The van der Waals surface area contributed by atoms with Crippen molar-refractivity contribution in [3.8, 4) is 35.1 Å². The van der Waals surface area contributed by atoms with E-state index in [2.05, 4.69) is 19.6 Å². The van der Waals surface area contributed by atoms with Crippen LogP contribution < -0.4 is 20.4 Å². The third kappa shape index (κ3) is 20.5. The van der Waals surface area contributed by atoms with Crippen molar-refractivity contribution < 1.29 is 54.6 Å². The van der Waals surface area contributed by atoms with Gasteiger partial charge >= 0.3 is 34.1 Å². The van der Waals surface area contributed by atoms with Crippen molar-refractivity contribution in [1.82, 2.24) is 19.6 Å². The molecule has 4 aromatic carbocycles. The van der Waals surface area contributed by atoms with Crippen molar-refractivity contribution in [2.75, 3.05) is 54.4 Å². The summed E-state index contributed by atoms with van der Waals surface area (Å²) in [4.78, 5) is 8.61. The monoisotopic (exact) mass is 916 g/mol. The molecule has 4 aromatic rings. The molecule has 334 valence electrons. The molecule has 0 spiro atoms. The van der Waals surface area contributed by atoms with Crippen molar-refractivity contribution >= 4 is 0 Å². The van der Waals surface area contributed by atoms with Gasteiger partial charge in [0, 0.05) is 66.2 Å². The van der Waals surface area contributed by atoms with Crippen LogP contribution in [0.1, 0.15) is 80.6 Å². The normalized spacial score (nSPS) is 10.3. The summed E-state index contributed by atoms with van der Waals surface area (Å²) in [6.45, 7) is 24.4. The summed E-state index contributed by atoms with van der Waals surface area (Å²) in [6, 6.07) is 18.3. The van der Waals surface area contributed by atoms with E-state index in [9.17, 15) is 20.4 Å². The topological polar surface area (TPSA) is 153 Å². The average molecular weight is 918 g/mol. The molecule has 10 nitrogen and oxygen atoms in total. The van der Waals surface area contributed by atoms with Crippen LogP contribution in [0.5, 0.6) is 23.0 Å². The van der Waals surface area contributed by atoms with E-state index in [1.807, 2.05) is 108 Å². The fourth-order valence-electron chi connectivity index (χ4n) is 5.97. The maximum absolute atomic E-state index is 12.4. The SMILES string of the molecule is CC#N.CC#N.Cc1cc([O-])c(CN(CCN(C)C)Cc2cc(C)c(C)cc2[O-])cc1C.Cc1cc([O-])c(CN(CCN(C)C)Cc2cc(C)c(C)cc2[O-])cc1C.[Cu+2].[Cu+2]. The minimum Gasteiger partial charge on any atom is -0.872 e. The van der Waals surface area contributed by atoms with Gasteiger partial charge in [-0.05, 0) is 150 Å². The van der Waals surface area contributed by atoms with E-state index in [4.69, 9.17) is 10.5 Å². The van der Waals surface area contributed by atoms with Crippen molar-refractivity contribution in [3.05, 3.63) is 115 Å². The standard InChI is InChI=1S/2C22H32N2O2.2C2H3N.2Cu/c2*1-15-9-19(21(25)11-17(15)3)13-24(8-7-23(5)6)14-20-10-16(2)18(4)12-22(20)26;2*1-2-3;;/h2*9-12,25-26H,7-8,13-14H2,1-6H3;2*1H3;;/q;;;;2*+2/p-4. The van der Waals surface area contributed by atoms with E-state index in [1.54, 1.807) is 36.4 Å². The van der Waals surface area contributed by atoms with Crippen molar-refractivity contribution in [3.63, 3.8) is 0 Å². The first-order valence-electron chi connectivity index (χ1n) is 19.6. The summed E-state index contributed by atoms with van der Waals surface area (Å²) in [5, 5.41) is 64.2. The summed E-state index contributed by atoms with van der Waals surface area (Å²) in [7, 11) is 8.12. The molecule has 2 radical (unpaired) electrons. The predicted octanol–water partition coefficient (Wildman–Crippen LogP) is 6.32. The van der Waals surface area contributed by atoms with Crippen LogP contribution >= 0.6 is 0 Å². The first-order valence-corrected chi connectivity index (χ1v) is 19.6. The van der Waals surface area contributed by atoms with Gasteiger partial charge in [0.15, 0.2) is 0 Å². The Morgan fingerprint density at radius 3 is 0.717 bits per heavy atom. The molecule has 4 rings (SSSR count). The quantitative estimate of drug-likeness (QED) is 0.132. The molecule has 0 heterocycles. The summed E-state index contributed by atoms with van der Waals surface area (Å²) in [5.74, 6) is 0.298. The number of hydrogen-bond donors (Lipinski definition) is 0. The molecule has 0 aliphatic carbocycles. The molecule has 0 bridgehead atoms. The van der Waals surface area contributed by atoms with Crippen molar-refractivity contribution in [1.29, 1.82) is 10.5 Å². The maximum atomic E-state index is 12.4. The molecule has 12 heteroatoms. The van der Waals surface area contributed by atoms with Gasteiger partial charge in [-0.2, -0.15) is 10.5 Å². The first kappa shape index (κ1) is 58.0. The Hall–Kier alpha value is -4.06. The Kier molecular flexibility index (Phi) is 28.3. The largest absolute Gasteiger partial charge is 2.00 e. The molecule has 0 fully saturated rings. The molecule has 0 aliphatic rings. The molecule has 0 N–H and O–H groups in total. The molecule has 0 unspecified atom stereocenters. The molecule has 0 aliphatic heterocycles. The van der Waals surface area contributed by atoms with Crippen LogP contribution in [0.2, 0.25) is 0 Å². The average Bonchev–Trinajstić information content (AvgIpc) is 3.12. The van der Waals surface area contributed by atoms with Gasteiger partial charge in [0.1, 0.15) is 0 Å². The van der Waals surface area contributed by atoms with Crippen LogP contribution in [-0.4, -0.2) is 74.0 Å². The zero-order valence-corrected chi connectivity index (χ0v) is 40.1. The number of nitrogens with zero attached hydrogens (tertiary/aromatic N) is 6. The second-order valence-electron chi connectivity index (χ2n) is 15.7. The maximum Gasteiger partial charge on any atom is 2.00 e. The van der Waals surface area contributed by atoms with Gasteiger partial charge in [-0.15, -0.1) is 23.0 Å². The fraction of sp³-hybridized carbons (Fsp3) is 0.458. The Bertz CT molecular complexity index is 1750. The zero-order valence-electron chi connectivity index (χ0n) is 38.2. The first-order chi connectivity index (χ1) is 27.2. The van der Waals surface area contributed by atoms with E-state index in [1.165, 1.54) is 13.8 Å². The number of aryl methyl sites for hydroxylation is 8. The molecule has 0 amide bonds. The summed E-state index contributed by atoms with van der Waals surface area (Å²) in [5.41, 5.74) is 11.8. The number of nitriles is 2. The van der Waals surface area contributed by atoms with E-state index in [0.29, 0.717) is 26.2 Å². The summed E-state index contributed by atoms with van der Waals surface area (Å²) >= 11 is 0. The van der Waals surface area contributed by atoms with Gasteiger partial charge < -0.3 is 30.2 Å². The van der Waals surface area contributed by atoms with Crippen LogP contribution in [0.25, 0.3) is 0 Å². The van der Waals surface area contributed by atoms with Gasteiger partial charge in [-0.25, -0.2) is 0 Å². The van der Waals surface area contributed by atoms with Crippen LogP contribution in [0, 0.1) is 78.1 Å². The predicted molar refractivity (Wildman–Crippen MR) is 229 cm³/mol. The smallest absolute Gasteiger partial charge is 0.872 e. The van der Waals surface area contributed by atoms with Crippen LogP contribution in [0.15, 0.2) is 48.5 Å². The van der Waals surface area contributed by atoms with Gasteiger partial charge in [0.2, 0.25) is 0 Å². The second kappa shape index (κ2) is 29.2. The molecular formula is C48H66Cu2N6O4. The number of rotatable bonds is 14. The Balaban J connectivity index is 0. The van der Waals surface area contributed by atoms with Gasteiger partial charge in [-0.1, -0.05) is 48.5 Å². The molecule has 0 saturated carbocycles. The number of likely N-dealkylation sites (N-methyl/N-ethyl adjacent to an activating group) is 2. The molecule has 0 atom stereocenters. The third-order valence-electron chi connectivity index (χ3n) is 10.0. The molecule has 60 heavy (non-hydrogen) atoms. The van der Waals surface area contributed by atoms with Gasteiger partial charge in [-0.3, -0.25) is 9.80 Å². The Morgan fingerprint density at radius 1 is 0.383 bits per heavy atom. The van der Waals surface area contributed by atoms with Crippen molar-refractivity contribution in [2.45, 2.75) is 95.4 Å². The minimum absolute atomic E-state index is 0. The third-order valence-corrected chi connectivity index (χ3v) is 10.0. The van der Waals surface area contributed by atoms with Crippen LogP contribution in [0.4, 0.5) is 0 Å². The van der Waals surface area contributed by atoms with E-state index < -0.39 is 0 Å². The van der Waals surface area contributed by atoms with E-state index in [0.717, 1.165) is 92.9 Å². The van der Waals surface area contributed by atoms with E-state index >= 15 is 0 Å². The van der Waals surface area contributed by atoms with Crippen LogP contribution in [-0.2, 0) is 60.3 Å². The van der Waals surface area contributed by atoms with Gasteiger partial charge in [0.05, 0.1) is 12.1 Å². The second-order valence-corrected chi connectivity index (χ2v) is 15.7. The fourth-order valence-corrected chi connectivity index (χ4v) is 5.97. The summed E-state index contributed by atoms with van der Waals surface area (Å²) in [6.07, 6.45) is 0. The number of benzene rings is 4. The molecular weight excluding hydrogens is 852 g/mol. The van der Waals surface area contributed by atoms with Gasteiger partial charge in [0.25, 0.3) is 0 Å². The number of hydrogen-bond acceptors (Lipinski definition) is 10.